The first-order valence-electron chi connectivity index (χ1n) is 6.45. The van der Waals surface area contributed by atoms with Crippen molar-refractivity contribution in [3.05, 3.63) is 35.6 Å². The van der Waals surface area contributed by atoms with E-state index in [0.29, 0.717) is 5.56 Å². The fraction of sp³-hybridized carbons (Fsp3) is 0.571. The van der Waals surface area contributed by atoms with Crippen molar-refractivity contribution < 1.29 is 17.9 Å². The molecule has 0 spiro atoms. The molecule has 0 aliphatic heterocycles. The fourth-order valence-corrected chi connectivity index (χ4v) is 2.90. The number of hydrogen-bond donors (Lipinski definition) is 1. The van der Waals surface area contributed by atoms with Gasteiger partial charge in [0.25, 0.3) is 0 Å². The smallest absolute Gasteiger partial charge is 0.151 e. The van der Waals surface area contributed by atoms with E-state index in [2.05, 4.69) is 0 Å². The van der Waals surface area contributed by atoms with Crippen molar-refractivity contribution in [2.24, 2.45) is 0 Å². The van der Waals surface area contributed by atoms with E-state index in [9.17, 15) is 17.9 Å². The van der Waals surface area contributed by atoms with Gasteiger partial charge in [-0.3, -0.25) is 4.90 Å². The largest absolute Gasteiger partial charge is 0.387 e. The van der Waals surface area contributed by atoms with Crippen LogP contribution in [-0.2, 0) is 9.84 Å². The van der Waals surface area contributed by atoms with Gasteiger partial charge in [0.05, 0.1) is 11.4 Å². The number of rotatable bonds is 6. The van der Waals surface area contributed by atoms with Crippen molar-refractivity contribution in [2.75, 3.05) is 19.8 Å². The first kappa shape index (κ1) is 17.1. The highest BCUT2D eigenvalue weighted by Crippen LogP contribution is 2.18. The van der Waals surface area contributed by atoms with Gasteiger partial charge in [-0.25, -0.2) is 12.8 Å². The van der Waals surface area contributed by atoms with Crippen molar-refractivity contribution >= 4 is 9.84 Å². The molecule has 0 saturated carbocycles. The van der Waals surface area contributed by atoms with Crippen molar-refractivity contribution in [1.82, 2.24) is 4.90 Å². The zero-order valence-electron chi connectivity index (χ0n) is 12.2. The van der Waals surface area contributed by atoms with Crippen LogP contribution in [0.15, 0.2) is 24.3 Å². The minimum atomic E-state index is -3.14. The highest BCUT2D eigenvalue weighted by Gasteiger charge is 2.26. The van der Waals surface area contributed by atoms with Gasteiger partial charge in [-0.15, -0.1) is 0 Å². The van der Waals surface area contributed by atoms with E-state index in [-0.39, 0.29) is 12.6 Å². The summed E-state index contributed by atoms with van der Waals surface area (Å²) in [6.45, 7) is 3.68. The van der Waals surface area contributed by atoms with Gasteiger partial charge < -0.3 is 5.11 Å². The van der Waals surface area contributed by atoms with E-state index in [1.165, 1.54) is 24.5 Å². The number of halogens is 1. The van der Waals surface area contributed by atoms with E-state index in [0.717, 1.165) is 0 Å². The normalized spacial score (nSPS) is 16.9. The van der Waals surface area contributed by atoms with Gasteiger partial charge >= 0.3 is 0 Å². The molecular formula is C14H22FNO3S. The van der Waals surface area contributed by atoms with Crippen LogP contribution in [0, 0.1) is 5.82 Å². The van der Waals surface area contributed by atoms with Crippen LogP contribution in [0.5, 0.6) is 0 Å². The van der Waals surface area contributed by atoms with Crippen molar-refractivity contribution in [3.8, 4) is 0 Å². The van der Waals surface area contributed by atoms with Crippen LogP contribution in [0.3, 0.4) is 0 Å². The summed E-state index contributed by atoms with van der Waals surface area (Å²) in [5.74, 6) is -0.401. The predicted octanol–water partition coefficient (Wildman–Crippen LogP) is 1.61. The zero-order valence-corrected chi connectivity index (χ0v) is 13.1. The maximum absolute atomic E-state index is 13.1. The minimum absolute atomic E-state index is 0.241. The van der Waals surface area contributed by atoms with Crippen LogP contribution in [0.25, 0.3) is 0 Å². The lowest BCUT2D eigenvalue weighted by Crippen LogP contribution is -2.43. The summed E-state index contributed by atoms with van der Waals surface area (Å²) in [7, 11) is -1.39. The third kappa shape index (κ3) is 4.54. The van der Waals surface area contributed by atoms with E-state index in [4.69, 9.17) is 0 Å². The first-order chi connectivity index (χ1) is 9.12. The van der Waals surface area contributed by atoms with Gasteiger partial charge in [-0.2, -0.15) is 0 Å². The summed E-state index contributed by atoms with van der Waals surface area (Å²) >= 11 is 0. The molecule has 0 aromatic heterocycles. The standard InChI is InChI=1S/C14H22FNO3S/c1-10(11(2)20(4,18)19)16(3)9-14(17)12-6-5-7-13(15)8-12/h5-8,10-11,14,17H,9H2,1-4H3/t10-,11-,14-/m1/s1. The second kappa shape index (κ2) is 6.65. The summed E-state index contributed by atoms with van der Waals surface area (Å²) in [6.07, 6.45) is 0.343. The molecule has 114 valence electrons. The van der Waals surface area contributed by atoms with Crippen molar-refractivity contribution in [2.45, 2.75) is 31.2 Å². The molecule has 20 heavy (non-hydrogen) atoms. The lowest BCUT2D eigenvalue weighted by atomic mass is 10.1. The molecule has 0 heterocycles. The van der Waals surface area contributed by atoms with Crippen molar-refractivity contribution in [3.63, 3.8) is 0 Å². The minimum Gasteiger partial charge on any atom is -0.387 e. The summed E-state index contributed by atoms with van der Waals surface area (Å²) in [6, 6.07) is 5.54. The Hall–Kier alpha value is -0.980. The molecular weight excluding hydrogens is 281 g/mol. The number of likely N-dealkylation sites (N-methyl/N-ethyl adjacent to an activating group) is 1. The number of nitrogens with zero attached hydrogens (tertiary/aromatic N) is 1. The van der Waals surface area contributed by atoms with E-state index >= 15 is 0 Å². The Bertz CT molecular complexity index is 547. The molecule has 4 nitrogen and oxygen atoms in total. The van der Waals surface area contributed by atoms with Gasteiger partial charge in [-0.05, 0) is 38.6 Å². The molecule has 6 heteroatoms. The molecule has 0 amide bonds. The summed E-state index contributed by atoms with van der Waals surface area (Å²) in [5, 5.41) is 9.56. The van der Waals surface area contributed by atoms with Gasteiger partial charge in [0.2, 0.25) is 0 Å². The molecule has 1 aromatic carbocycles. The Labute approximate surface area is 120 Å². The maximum atomic E-state index is 13.1. The predicted molar refractivity (Wildman–Crippen MR) is 77.8 cm³/mol. The molecule has 0 aliphatic rings. The summed E-state index contributed by atoms with van der Waals surface area (Å²) in [4.78, 5) is 1.77. The molecule has 0 aliphatic carbocycles. The summed E-state index contributed by atoms with van der Waals surface area (Å²) in [5.41, 5.74) is 0.482. The Morgan fingerprint density at radius 1 is 1.35 bits per heavy atom. The Morgan fingerprint density at radius 2 is 1.95 bits per heavy atom. The van der Waals surface area contributed by atoms with Crippen LogP contribution in [-0.4, -0.2) is 49.6 Å². The van der Waals surface area contributed by atoms with E-state index in [1.807, 2.05) is 0 Å². The average Bonchev–Trinajstić information content (AvgIpc) is 2.35. The monoisotopic (exact) mass is 303 g/mol. The van der Waals surface area contributed by atoms with Crippen LogP contribution in [0.2, 0.25) is 0 Å². The number of benzene rings is 1. The van der Waals surface area contributed by atoms with Crippen molar-refractivity contribution in [1.29, 1.82) is 0 Å². The Balaban J connectivity index is 2.73. The van der Waals surface area contributed by atoms with E-state index < -0.39 is 27.0 Å². The molecule has 0 radical (unpaired) electrons. The van der Waals surface area contributed by atoms with Gasteiger partial charge in [0, 0.05) is 18.8 Å². The molecule has 3 atom stereocenters. The number of sulfone groups is 1. The molecule has 0 bridgehead atoms. The number of aliphatic hydroxyl groups excluding tert-OH is 1. The van der Waals surface area contributed by atoms with Crippen LogP contribution in [0.4, 0.5) is 4.39 Å². The van der Waals surface area contributed by atoms with Gasteiger partial charge in [0.15, 0.2) is 9.84 Å². The molecule has 1 rings (SSSR count). The van der Waals surface area contributed by atoms with Crippen LogP contribution >= 0.6 is 0 Å². The molecule has 1 N–H and O–H groups in total. The third-order valence-electron chi connectivity index (χ3n) is 3.74. The summed E-state index contributed by atoms with van der Waals surface area (Å²) < 4.78 is 36.2. The second-order valence-electron chi connectivity index (χ2n) is 5.29. The highest BCUT2D eigenvalue weighted by atomic mass is 32.2. The van der Waals surface area contributed by atoms with Crippen LogP contribution < -0.4 is 0 Å². The number of hydrogen-bond acceptors (Lipinski definition) is 4. The number of aliphatic hydroxyl groups is 1. The zero-order chi connectivity index (χ0) is 15.5. The van der Waals surface area contributed by atoms with Gasteiger partial charge in [-0.1, -0.05) is 12.1 Å². The molecule has 0 fully saturated rings. The lowest BCUT2D eigenvalue weighted by molar-refractivity contribution is 0.108. The Kier molecular flexibility index (Phi) is 5.68. The second-order valence-corrected chi connectivity index (χ2v) is 7.69. The van der Waals surface area contributed by atoms with E-state index in [1.54, 1.807) is 31.9 Å². The maximum Gasteiger partial charge on any atom is 0.151 e. The SMILES string of the molecule is C[C@H]([C@@H](C)S(C)(=O)=O)N(C)C[C@@H](O)c1cccc(F)c1. The Morgan fingerprint density at radius 3 is 2.45 bits per heavy atom. The molecule has 0 saturated heterocycles. The lowest BCUT2D eigenvalue weighted by Gasteiger charge is -2.30. The molecule has 1 aromatic rings. The van der Waals surface area contributed by atoms with Gasteiger partial charge in [0.1, 0.15) is 5.82 Å². The quantitative estimate of drug-likeness (QED) is 0.867. The fourth-order valence-electron chi connectivity index (χ4n) is 1.97. The topological polar surface area (TPSA) is 57.6 Å². The average molecular weight is 303 g/mol. The molecule has 0 unspecified atom stereocenters. The first-order valence-corrected chi connectivity index (χ1v) is 8.41. The third-order valence-corrected chi connectivity index (χ3v) is 5.49. The van der Waals surface area contributed by atoms with Crippen LogP contribution in [0.1, 0.15) is 25.5 Å². The highest BCUT2D eigenvalue weighted by molar-refractivity contribution is 7.91.